The minimum absolute atomic E-state index is 0.168. The maximum absolute atomic E-state index is 12.7. The molecule has 3 aromatic heterocycles. The maximum atomic E-state index is 12.7. The number of hydrogen-bond donors (Lipinski definition) is 1. The Morgan fingerprint density at radius 2 is 1.94 bits per heavy atom. The molecule has 1 saturated heterocycles. The van der Waals surface area contributed by atoms with E-state index in [2.05, 4.69) is 39.9 Å². The van der Waals surface area contributed by atoms with Crippen LogP contribution in [-0.2, 0) is 22.6 Å². The van der Waals surface area contributed by atoms with Gasteiger partial charge in [0.15, 0.2) is 0 Å². The number of anilines is 1. The summed E-state index contributed by atoms with van der Waals surface area (Å²) in [5.41, 5.74) is 2.25. The fourth-order valence-electron chi connectivity index (χ4n) is 4.09. The van der Waals surface area contributed by atoms with Crippen molar-refractivity contribution in [2.24, 2.45) is 0 Å². The van der Waals surface area contributed by atoms with Gasteiger partial charge in [-0.05, 0) is 31.0 Å². The van der Waals surface area contributed by atoms with Gasteiger partial charge < -0.3 is 19.4 Å². The first-order chi connectivity index (χ1) is 17.1. The number of halogens is 3. The third-order valence-electron chi connectivity index (χ3n) is 6.18. The summed E-state index contributed by atoms with van der Waals surface area (Å²) in [6.45, 7) is 9.33. The zero-order chi connectivity index (χ0) is 25.8. The third kappa shape index (κ3) is 7.50. The molecule has 196 valence electrons. The number of nitrogens with one attached hydrogen (secondary N) is 1. The molecular weight excluding hydrogens is 487 g/mol. The van der Waals surface area contributed by atoms with E-state index in [0.29, 0.717) is 25.1 Å². The lowest BCUT2D eigenvalue weighted by molar-refractivity contribution is -0.134. The first kappa shape index (κ1) is 26.6. The molecule has 1 N–H and O–H groups in total. The van der Waals surface area contributed by atoms with E-state index in [4.69, 9.17) is 9.47 Å². The fraction of sp³-hybridized carbons (Fsp3) is 0.560. The van der Waals surface area contributed by atoms with Crippen molar-refractivity contribution in [3.05, 3.63) is 36.4 Å². The lowest BCUT2D eigenvalue weighted by Crippen LogP contribution is -2.28. The molecule has 0 aliphatic carbocycles. The second kappa shape index (κ2) is 11.3. The Labute approximate surface area is 210 Å². The fourth-order valence-corrected chi connectivity index (χ4v) is 4.84. The average molecular weight is 522 g/mol. The molecule has 0 spiro atoms. The molecule has 0 bridgehead atoms. The Kier molecular flexibility index (Phi) is 8.31. The highest BCUT2D eigenvalue weighted by atomic mass is 28.3. The molecule has 1 fully saturated rings. The largest absolute Gasteiger partial charge is 0.389 e. The van der Waals surface area contributed by atoms with Crippen molar-refractivity contribution in [1.29, 1.82) is 0 Å². The van der Waals surface area contributed by atoms with E-state index >= 15 is 0 Å². The van der Waals surface area contributed by atoms with Gasteiger partial charge in [0.05, 0.1) is 23.3 Å². The van der Waals surface area contributed by atoms with Crippen LogP contribution in [0, 0.1) is 0 Å². The van der Waals surface area contributed by atoms with Gasteiger partial charge in [-0.3, -0.25) is 0 Å². The summed E-state index contributed by atoms with van der Waals surface area (Å²) in [7, 11) is -1.25. The predicted octanol–water partition coefficient (Wildman–Crippen LogP) is 5.89. The molecule has 36 heavy (non-hydrogen) atoms. The first-order valence-electron chi connectivity index (χ1n) is 12.4. The second-order valence-electron chi connectivity index (χ2n) is 10.4. The van der Waals surface area contributed by atoms with Gasteiger partial charge >= 0.3 is 6.18 Å². The topological polar surface area (TPSA) is 74.1 Å². The summed E-state index contributed by atoms with van der Waals surface area (Å²) in [6, 6.07) is 7.02. The van der Waals surface area contributed by atoms with Gasteiger partial charge in [0, 0.05) is 64.2 Å². The Hall–Kier alpha value is -2.50. The van der Waals surface area contributed by atoms with Crippen LogP contribution < -0.4 is 5.32 Å². The minimum atomic E-state index is -4.25. The summed E-state index contributed by atoms with van der Waals surface area (Å²) in [5.74, 6) is 0.942. The van der Waals surface area contributed by atoms with Gasteiger partial charge in [0.25, 0.3) is 0 Å². The highest BCUT2D eigenvalue weighted by Gasteiger charge is 2.27. The van der Waals surface area contributed by atoms with E-state index in [1.54, 1.807) is 6.07 Å². The first-order valence-corrected chi connectivity index (χ1v) is 16.1. The predicted molar refractivity (Wildman–Crippen MR) is 137 cm³/mol. The molecule has 4 heterocycles. The molecule has 0 saturated carbocycles. The Morgan fingerprint density at radius 1 is 1.17 bits per heavy atom. The van der Waals surface area contributed by atoms with Crippen LogP contribution in [0.5, 0.6) is 0 Å². The van der Waals surface area contributed by atoms with Crippen molar-refractivity contribution < 1.29 is 22.6 Å². The molecule has 3 aromatic rings. The van der Waals surface area contributed by atoms with Crippen molar-refractivity contribution in [1.82, 2.24) is 19.5 Å². The van der Waals surface area contributed by atoms with Crippen LogP contribution in [0.15, 0.2) is 30.6 Å². The molecule has 7 nitrogen and oxygen atoms in total. The summed E-state index contributed by atoms with van der Waals surface area (Å²) >= 11 is 0. The number of alkyl halides is 3. The molecule has 4 rings (SSSR count). The van der Waals surface area contributed by atoms with Crippen LogP contribution in [0.4, 0.5) is 19.0 Å². The molecule has 0 atom stereocenters. The molecule has 0 amide bonds. The van der Waals surface area contributed by atoms with E-state index in [1.807, 2.05) is 22.9 Å². The van der Waals surface area contributed by atoms with Crippen molar-refractivity contribution in [3.8, 4) is 11.4 Å². The Balaban J connectivity index is 1.63. The highest BCUT2D eigenvalue weighted by Crippen LogP contribution is 2.29. The van der Waals surface area contributed by atoms with E-state index in [-0.39, 0.29) is 12.2 Å². The number of aryl methyl sites for hydroxylation is 1. The molecule has 0 aromatic carbocycles. The van der Waals surface area contributed by atoms with Gasteiger partial charge in [-0.25, -0.2) is 15.0 Å². The zero-order valence-electron chi connectivity index (χ0n) is 21.1. The minimum Gasteiger partial charge on any atom is -0.381 e. The number of fused-ring (bicyclic) bond motifs is 1. The van der Waals surface area contributed by atoms with Crippen LogP contribution in [-0.4, -0.2) is 59.6 Å². The van der Waals surface area contributed by atoms with Crippen molar-refractivity contribution in [3.63, 3.8) is 0 Å². The number of nitrogens with zero attached hydrogens (tertiary/aromatic N) is 4. The van der Waals surface area contributed by atoms with E-state index in [1.165, 1.54) is 6.20 Å². The van der Waals surface area contributed by atoms with E-state index < -0.39 is 20.7 Å². The Bertz CT molecular complexity index is 1160. The summed E-state index contributed by atoms with van der Waals surface area (Å²) in [4.78, 5) is 13.1. The van der Waals surface area contributed by atoms with Crippen LogP contribution in [0.2, 0.25) is 25.7 Å². The monoisotopic (exact) mass is 521 g/mol. The number of ether oxygens (including phenoxy) is 2. The van der Waals surface area contributed by atoms with Crippen molar-refractivity contribution in [2.75, 3.05) is 25.1 Å². The third-order valence-corrected chi connectivity index (χ3v) is 7.88. The number of hydrogen-bond acceptors (Lipinski definition) is 6. The molecule has 11 heteroatoms. The highest BCUT2D eigenvalue weighted by molar-refractivity contribution is 6.76. The average Bonchev–Trinajstić information content (AvgIpc) is 3.18. The Morgan fingerprint density at radius 3 is 2.67 bits per heavy atom. The van der Waals surface area contributed by atoms with Gasteiger partial charge in [-0.1, -0.05) is 19.6 Å². The summed E-state index contributed by atoms with van der Waals surface area (Å²) < 4.78 is 51.8. The number of aromatic nitrogens is 4. The molecule has 0 radical (unpaired) electrons. The molecule has 1 aliphatic heterocycles. The standard InChI is InChI=1S/C25H34F3N5O2Si/c1-36(2,3)13-12-35-17-33-21-15-24(31-19-6-10-34-11-7-19)30-16-18(21)14-22(33)20-5-9-29-23(32-20)4-8-25(26,27)28/h5,9,14-16,19H,4,6-8,10-13,17H2,1-3H3,(H,30,31). The van der Waals surface area contributed by atoms with Crippen LogP contribution in [0.25, 0.3) is 22.3 Å². The lowest BCUT2D eigenvalue weighted by atomic mass is 10.1. The maximum Gasteiger partial charge on any atom is 0.389 e. The molecular formula is C25H34F3N5O2Si. The SMILES string of the molecule is C[Si](C)(C)CCOCn1c(-c2ccnc(CCC(F)(F)F)n2)cc2cnc(NC3CCOCC3)cc21. The van der Waals surface area contributed by atoms with Crippen LogP contribution in [0.3, 0.4) is 0 Å². The van der Waals surface area contributed by atoms with Gasteiger partial charge in [-0.15, -0.1) is 0 Å². The van der Waals surface area contributed by atoms with E-state index in [9.17, 15) is 13.2 Å². The van der Waals surface area contributed by atoms with Gasteiger partial charge in [-0.2, -0.15) is 13.2 Å². The van der Waals surface area contributed by atoms with Crippen LogP contribution >= 0.6 is 0 Å². The number of pyridine rings is 1. The summed E-state index contributed by atoms with van der Waals surface area (Å²) in [6.07, 6.45) is -0.294. The van der Waals surface area contributed by atoms with Crippen LogP contribution in [0.1, 0.15) is 25.1 Å². The summed E-state index contributed by atoms with van der Waals surface area (Å²) in [5, 5.41) is 4.41. The normalized spacial score (nSPS) is 15.5. The van der Waals surface area contributed by atoms with Gasteiger partial charge in [0.1, 0.15) is 18.4 Å². The molecule has 1 aliphatic rings. The quantitative estimate of drug-likeness (QED) is 0.265. The zero-order valence-corrected chi connectivity index (χ0v) is 22.1. The second-order valence-corrected chi connectivity index (χ2v) is 16.1. The smallest absolute Gasteiger partial charge is 0.381 e. The van der Waals surface area contributed by atoms with Crippen molar-refractivity contribution in [2.45, 2.75) is 70.3 Å². The molecule has 0 unspecified atom stereocenters. The van der Waals surface area contributed by atoms with E-state index in [0.717, 1.165) is 54.5 Å². The van der Waals surface area contributed by atoms with Gasteiger partial charge in [0.2, 0.25) is 0 Å². The lowest BCUT2D eigenvalue weighted by Gasteiger charge is -2.23. The van der Waals surface area contributed by atoms with Crippen molar-refractivity contribution >= 4 is 24.8 Å². The number of rotatable bonds is 10.